The Labute approximate surface area is 139 Å². The van der Waals surface area contributed by atoms with Gasteiger partial charge in [0.05, 0.1) is 14.2 Å². The number of benzene rings is 1. The third kappa shape index (κ3) is 3.60. The van der Waals surface area contributed by atoms with E-state index >= 15 is 0 Å². The molecule has 1 aromatic rings. The maximum absolute atomic E-state index is 12.3. The summed E-state index contributed by atoms with van der Waals surface area (Å²) < 4.78 is 10.1. The van der Waals surface area contributed by atoms with Gasteiger partial charge in [-0.1, -0.05) is 0 Å². The second kappa shape index (κ2) is 7.69. The van der Waals surface area contributed by atoms with E-state index in [0.29, 0.717) is 24.9 Å². The van der Waals surface area contributed by atoms with Crippen LogP contribution in [0, 0.1) is 0 Å². The van der Waals surface area contributed by atoms with Crippen LogP contribution in [-0.2, 0) is 9.59 Å². The summed E-state index contributed by atoms with van der Waals surface area (Å²) in [5.74, 6) is -0.614. The fraction of sp³-hybridized carbons (Fsp3) is 0.375. The molecule has 2 amide bonds. The number of nitrogens with zero attached hydrogens (tertiary/aromatic N) is 1. The van der Waals surface area contributed by atoms with Crippen molar-refractivity contribution in [3.8, 4) is 17.2 Å². The highest BCUT2D eigenvalue weighted by Gasteiger charge is 2.32. The number of aromatic hydroxyl groups is 1. The number of hydroxylamine groups is 1. The number of hydrogen-bond acceptors (Lipinski definition) is 6. The Morgan fingerprint density at radius 3 is 2.46 bits per heavy atom. The number of amides is 2. The molecule has 24 heavy (non-hydrogen) atoms. The summed E-state index contributed by atoms with van der Waals surface area (Å²) in [6, 6.07) is 2.45. The highest BCUT2D eigenvalue weighted by molar-refractivity contribution is 5.95. The molecule has 0 unspecified atom stereocenters. The van der Waals surface area contributed by atoms with Crippen molar-refractivity contribution < 1.29 is 29.4 Å². The lowest BCUT2D eigenvalue weighted by Gasteiger charge is -2.21. The third-order valence-electron chi connectivity index (χ3n) is 3.87. The zero-order valence-electron chi connectivity index (χ0n) is 13.5. The van der Waals surface area contributed by atoms with Gasteiger partial charge in [0.15, 0.2) is 11.5 Å². The lowest BCUT2D eigenvalue weighted by Crippen LogP contribution is -2.44. The van der Waals surface area contributed by atoms with Crippen LogP contribution in [0.2, 0.25) is 0 Å². The molecular formula is C16H20N2O6. The number of likely N-dealkylation sites (tertiary alicyclic amines) is 1. The van der Waals surface area contributed by atoms with Gasteiger partial charge in [-0.2, -0.15) is 0 Å². The molecule has 0 bridgehead atoms. The van der Waals surface area contributed by atoms with Crippen LogP contribution in [0.4, 0.5) is 0 Å². The van der Waals surface area contributed by atoms with Crippen LogP contribution in [0.15, 0.2) is 18.2 Å². The second-order valence-corrected chi connectivity index (χ2v) is 5.27. The summed E-state index contributed by atoms with van der Waals surface area (Å²) in [4.78, 5) is 25.3. The van der Waals surface area contributed by atoms with E-state index in [1.165, 1.54) is 25.2 Å². The lowest BCUT2D eigenvalue weighted by atomic mass is 10.1. The van der Waals surface area contributed by atoms with Gasteiger partial charge in [-0.05, 0) is 36.6 Å². The second-order valence-electron chi connectivity index (χ2n) is 5.27. The van der Waals surface area contributed by atoms with Crippen LogP contribution in [0.25, 0.3) is 6.08 Å². The van der Waals surface area contributed by atoms with Gasteiger partial charge in [-0.3, -0.25) is 14.8 Å². The van der Waals surface area contributed by atoms with Crippen molar-refractivity contribution in [1.29, 1.82) is 0 Å². The minimum Gasteiger partial charge on any atom is -0.502 e. The number of hydrogen-bond donors (Lipinski definition) is 3. The molecule has 8 nitrogen and oxygen atoms in total. The number of nitrogens with one attached hydrogen (secondary N) is 1. The van der Waals surface area contributed by atoms with Crippen LogP contribution in [-0.4, -0.2) is 53.8 Å². The molecule has 8 heteroatoms. The maximum atomic E-state index is 12.3. The number of phenols is 1. The van der Waals surface area contributed by atoms with Crippen molar-refractivity contribution in [2.45, 2.75) is 18.9 Å². The number of phenolic OH excluding ortho intramolecular Hbond substituents is 1. The van der Waals surface area contributed by atoms with Gasteiger partial charge < -0.3 is 19.5 Å². The van der Waals surface area contributed by atoms with E-state index in [4.69, 9.17) is 14.7 Å². The largest absolute Gasteiger partial charge is 0.502 e. The van der Waals surface area contributed by atoms with Crippen molar-refractivity contribution in [2.24, 2.45) is 0 Å². The zero-order chi connectivity index (χ0) is 17.7. The van der Waals surface area contributed by atoms with Crippen molar-refractivity contribution in [2.75, 3.05) is 20.8 Å². The first-order chi connectivity index (χ1) is 11.5. The first-order valence-corrected chi connectivity index (χ1v) is 7.39. The van der Waals surface area contributed by atoms with Crippen molar-refractivity contribution in [3.63, 3.8) is 0 Å². The fourth-order valence-electron chi connectivity index (χ4n) is 2.65. The molecule has 0 aliphatic carbocycles. The molecule has 0 saturated carbocycles. The molecule has 0 aromatic heterocycles. The topological polar surface area (TPSA) is 108 Å². The summed E-state index contributed by atoms with van der Waals surface area (Å²) in [5, 5.41) is 18.6. The van der Waals surface area contributed by atoms with Gasteiger partial charge in [-0.15, -0.1) is 0 Å². The Morgan fingerprint density at radius 2 is 1.92 bits per heavy atom. The van der Waals surface area contributed by atoms with Gasteiger partial charge in [0.25, 0.3) is 5.91 Å². The number of carbonyl (C=O) groups excluding carboxylic acids is 2. The molecule has 1 atom stereocenters. The molecular weight excluding hydrogens is 316 g/mol. The third-order valence-corrected chi connectivity index (χ3v) is 3.87. The summed E-state index contributed by atoms with van der Waals surface area (Å²) in [5.41, 5.74) is 2.18. The molecule has 1 aromatic carbocycles. The molecule has 1 saturated heterocycles. The first-order valence-electron chi connectivity index (χ1n) is 7.39. The summed E-state index contributed by atoms with van der Waals surface area (Å²) in [6.07, 6.45) is 4.07. The standard InChI is InChI=1S/C16H20N2O6/c1-23-12-8-10(9-13(24-2)15(12)20)5-6-14(19)18-7-3-4-11(18)16(21)17-22/h5-6,8-9,11,20,22H,3-4,7H2,1-2H3,(H,17,21)/b6-5+/t11-/m0/s1. The van der Waals surface area contributed by atoms with E-state index in [1.54, 1.807) is 23.7 Å². The molecule has 1 aliphatic heterocycles. The van der Waals surface area contributed by atoms with Gasteiger partial charge in [0.1, 0.15) is 6.04 Å². The Kier molecular flexibility index (Phi) is 5.64. The van der Waals surface area contributed by atoms with Gasteiger partial charge in [0, 0.05) is 12.6 Å². The average Bonchev–Trinajstić information content (AvgIpc) is 3.09. The van der Waals surface area contributed by atoms with E-state index in [9.17, 15) is 14.7 Å². The predicted molar refractivity (Wildman–Crippen MR) is 84.9 cm³/mol. The summed E-state index contributed by atoms with van der Waals surface area (Å²) in [7, 11) is 2.82. The SMILES string of the molecule is COc1cc(/C=C/C(=O)N2CCC[C@H]2C(=O)NO)cc(OC)c1O. The highest BCUT2D eigenvalue weighted by atomic mass is 16.5. The number of methoxy groups -OCH3 is 2. The van der Waals surface area contributed by atoms with Gasteiger partial charge >= 0.3 is 0 Å². The van der Waals surface area contributed by atoms with Gasteiger partial charge in [0.2, 0.25) is 11.7 Å². The molecule has 1 fully saturated rings. The molecule has 0 radical (unpaired) electrons. The monoisotopic (exact) mass is 336 g/mol. The van der Waals surface area contributed by atoms with Crippen LogP contribution < -0.4 is 15.0 Å². The highest BCUT2D eigenvalue weighted by Crippen LogP contribution is 2.37. The Hall–Kier alpha value is -2.74. The molecule has 130 valence electrons. The van der Waals surface area contributed by atoms with Gasteiger partial charge in [-0.25, -0.2) is 5.48 Å². The average molecular weight is 336 g/mol. The Bertz CT molecular complexity index is 633. The molecule has 1 aliphatic rings. The first kappa shape index (κ1) is 17.6. The number of carbonyl (C=O) groups is 2. The molecule has 1 heterocycles. The maximum Gasteiger partial charge on any atom is 0.266 e. The van der Waals surface area contributed by atoms with E-state index < -0.39 is 11.9 Å². The summed E-state index contributed by atoms with van der Waals surface area (Å²) in [6.45, 7) is 0.448. The molecule has 3 N–H and O–H groups in total. The summed E-state index contributed by atoms with van der Waals surface area (Å²) >= 11 is 0. The number of rotatable bonds is 5. The fourth-order valence-corrected chi connectivity index (χ4v) is 2.65. The zero-order valence-corrected chi connectivity index (χ0v) is 13.5. The Balaban J connectivity index is 2.18. The van der Waals surface area contributed by atoms with E-state index in [1.807, 2.05) is 0 Å². The molecule has 0 spiro atoms. The Morgan fingerprint density at radius 1 is 1.29 bits per heavy atom. The van der Waals surface area contributed by atoms with Crippen LogP contribution in [0.3, 0.4) is 0 Å². The minimum atomic E-state index is -0.670. The van der Waals surface area contributed by atoms with Crippen molar-refractivity contribution in [3.05, 3.63) is 23.8 Å². The van der Waals surface area contributed by atoms with E-state index in [2.05, 4.69) is 0 Å². The van der Waals surface area contributed by atoms with Crippen LogP contribution >= 0.6 is 0 Å². The van der Waals surface area contributed by atoms with Crippen molar-refractivity contribution in [1.82, 2.24) is 10.4 Å². The molecule has 2 rings (SSSR count). The van der Waals surface area contributed by atoms with E-state index in [0.717, 1.165) is 0 Å². The quantitative estimate of drug-likeness (QED) is 0.419. The van der Waals surface area contributed by atoms with E-state index in [-0.39, 0.29) is 23.2 Å². The van der Waals surface area contributed by atoms with Crippen LogP contribution in [0.5, 0.6) is 17.2 Å². The predicted octanol–water partition coefficient (Wildman–Crippen LogP) is 0.919. The van der Waals surface area contributed by atoms with Crippen LogP contribution in [0.1, 0.15) is 18.4 Å². The lowest BCUT2D eigenvalue weighted by molar-refractivity contribution is -0.140. The normalized spacial score (nSPS) is 17.1. The minimum absolute atomic E-state index is 0.122. The number of ether oxygens (including phenoxy) is 2. The smallest absolute Gasteiger partial charge is 0.266 e. The van der Waals surface area contributed by atoms with Crippen molar-refractivity contribution >= 4 is 17.9 Å².